The molecule has 0 aliphatic heterocycles. The number of hydrogen-bond donors (Lipinski definition) is 0. The summed E-state index contributed by atoms with van der Waals surface area (Å²) < 4.78 is 0. The molecule has 3 aromatic carbocycles. The van der Waals surface area contributed by atoms with Crippen molar-refractivity contribution in [1.29, 1.82) is 0 Å². The van der Waals surface area contributed by atoms with Gasteiger partial charge in [-0.25, -0.2) is 0 Å². The molecular formula is C21H17. The van der Waals surface area contributed by atoms with Crippen molar-refractivity contribution < 1.29 is 0 Å². The molecule has 0 nitrogen and oxygen atoms in total. The van der Waals surface area contributed by atoms with Crippen LogP contribution in [-0.4, -0.2) is 0 Å². The molecule has 0 amide bonds. The van der Waals surface area contributed by atoms with Gasteiger partial charge >= 0.3 is 0 Å². The second-order valence-electron chi connectivity index (χ2n) is 4.95. The molecular weight excluding hydrogens is 252 g/mol. The van der Waals surface area contributed by atoms with E-state index in [9.17, 15) is 0 Å². The van der Waals surface area contributed by atoms with Crippen LogP contribution in [0.25, 0.3) is 11.1 Å². The second kappa shape index (κ2) is 6.23. The SMILES string of the molecule is [CH2]C(=C(c1ccccc1)c1ccccc1)c1ccccc1. The van der Waals surface area contributed by atoms with Gasteiger partial charge in [-0.1, -0.05) is 91.0 Å². The van der Waals surface area contributed by atoms with Crippen LogP contribution in [0.5, 0.6) is 0 Å². The van der Waals surface area contributed by atoms with Gasteiger partial charge in [0.1, 0.15) is 0 Å². The molecule has 0 fully saturated rings. The first-order valence-electron chi connectivity index (χ1n) is 7.09. The van der Waals surface area contributed by atoms with E-state index in [2.05, 4.69) is 67.6 Å². The Kier molecular flexibility index (Phi) is 3.97. The Hall–Kier alpha value is -2.60. The Morgan fingerprint density at radius 2 is 0.810 bits per heavy atom. The maximum Gasteiger partial charge on any atom is -0.00732 e. The lowest BCUT2D eigenvalue weighted by atomic mass is 9.90. The third-order valence-electron chi connectivity index (χ3n) is 3.55. The third-order valence-corrected chi connectivity index (χ3v) is 3.55. The summed E-state index contributed by atoms with van der Waals surface area (Å²) in [5.41, 5.74) is 5.77. The minimum atomic E-state index is 1.05. The van der Waals surface area contributed by atoms with Crippen molar-refractivity contribution in [2.24, 2.45) is 0 Å². The molecule has 0 N–H and O–H groups in total. The summed E-state index contributed by atoms with van der Waals surface area (Å²) in [6, 6.07) is 31.2. The van der Waals surface area contributed by atoms with Crippen LogP contribution in [0.4, 0.5) is 0 Å². The average Bonchev–Trinajstić information content (AvgIpc) is 2.58. The molecule has 0 unspecified atom stereocenters. The molecule has 0 bridgehead atoms. The normalized spacial score (nSPS) is 10.1. The number of rotatable bonds is 3. The topological polar surface area (TPSA) is 0 Å². The highest BCUT2D eigenvalue weighted by Crippen LogP contribution is 2.31. The van der Waals surface area contributed by atoms with Crippen molar-refractivity contribution in [1.82, 2.24) is 0 Å². The van der Waals surface area contributed by atoms with E-state index >= 15 is 0 Å². The Bertz CT molecular complexity index is 681. The first kappa shape index (κ1) is 13.4. The van der Waals surface area contributed by atoms with E-state index in [-0.39, 0.29) is 0 Å². The number of hydrogen-bond acceptors (Lipinski definition) is 0. The van der Waals surface area contributed by atoms with E-state index < -0.39 is 0 Å². The quantitative estimate of drug-likeness (QED) is 0.552. The summed E-state index contributed by atoms with van der Waals surface area (Å²) in [6.07, 6.45) is 0. The maximum atomic E-state index is 4.34. The van der Waals surface area contributed by atoms with Crippen LogP contribution in [-0.2, 0) is 0 Å². The van der Waals surface area contributed by atoms with Gasteiger partial charge in [-0.2, -0.15) is 0 Å². The minimum Gasteiger partial charge on any atom is -0.0622 e. The molecule has 3 aromatic rings. The van der Waals surface area contributed by atoms with E-state index in [1.54, 1.807) is 0 Å². The van der Waals surface area contributed by atoms with Crippen molar-refractivity contribution >= 4 is 11.1 Å². The van der Waals surface area contributed by atoms with Crippen molar-refractivity contribution in [2.45, 2.75) is 0 Å². The first-order valence-corrected chi connectivity index (χ1v) is 7.09. The Morgan fingerprint density at radius 1 is 0.476 bits per heavy atom. The molecule has 0 saturated heterocycles. The zero-order valence-electron chi connectivity index (χ0n) is 11.9. The van der Waals surface area contributed by atoms with Crippen molar-refractivity contribution in [3.63, 3.8) is 0 Å². The lowest BCUT2D eigenvalue weighted by Gasteiger charge is -2.14. The summed E-state index contributed by atoms with van der Waals surface area (Å²) in [4.78, 5) is 0. The minimum absolute atomic E-state index is 1.05. The van der Waals surface area contributed by atoms with Crippen LogP contribution in [0.15, 0.2) is 91.0 Å². The molecule has 0 aliphatic carbocycles. The Labute approximate surface area is 126 Å². The third kappa shape index (κ3) is 2.95. The molecule has 3 rings (SSSR count). The highest BCUT2D eigenvalue weighted by atomic mass is 14.1. The maximum absolute atomic E-state index is 4.34. The van der Waals surface area contributed by atoms with Crippen LogP contribution in [0.2, 0.25) is 0 Å². The van der Waals surface area contributed by atoms with Gasteiger partial charge in [0, 0.05) is 0 Å². The highest BCUT2D eigenvalue weighted by Gasteiger charge is 2.09. The van der Waals surface area contributed by atoms with Gasteiger partial charge in [0.2, 0.25) is 0 Å². The fraction of sp³-hybridized carbons (Fsp3) is 0. The lowest BCUT2D eigenvalue weighted by molar-refractivity contribution is 1.53. The van der Waals surface area contributed by atoms with E-state index in [4.69, 9.17) is 0 Å². The van der Waals surface area contributed by atoms with Gasteiger partial charge < -0.3 is 0 Å². The monoisotopic (exact) mass is 269 g/mol. The molecule has 21 heavy (non-hydrogen) atoms. The van der Waals surface area contributed by atoms with Crippen LogP contribution in [0.1, 0.15) is 16.7 Å². The fourth-order valence-corrected chi connectivity index (χ4v) is 2.51. The van der Waals surface area contributed by atoms with E-state index in [1.807, 2.05) is 30.3 Å². The molecule has 0 saturated carbocycles. The highest BCUT2D eigenvalue weighted by molar-refractivity contribution is 5.99. The van der Waals surface area contributed by atoms with Crippen LogP contribution in [0, 0.1) is 6.92 Å². The van der Waals surface area contributed by atoms with Gasteiger partial charge in [0.05, 0.1) is 0 Å². The molecule has 101 valence electrons. The molecule has 1 radical (unpaired) electrons. The molecule has 0 aromatic heterocycles. The first-order chi connectivity index (χ1) is 10.4. The van der Waals surface area contributed by atoms with Crippen LogP contribution < -0.4 is 0 Å². The van der Waals surface area contributed by atoms with Gasteiger partial charge in [-0.15, -0.1) is 0 Å². The fourth-order valence-electron chi connectivity index (χ4n) is 2.51. The summed E-state index contributed by atoms with van der Waals surface area (Å²) in [5.74, 6) is 0. The van der Waals surface area contributed by atoms with Gasteiger partial charge in [0.25, 0.3) is 0 Å². The van der Waals surface area contributed by atoms with Gasteiger partial charge in [-0.05, 0) is 34.8 Å². The van der Waals surface area contributed by atoms with Crippen molar-refractivity contribution in [3.05, 3.63) is 115 Å². The van der Waals surface area contributed by atoms with E-state index in [1.165, 1.54) is 16.7 Å². The average molecular weight is 269 g/mol. The molecule has 0 heterocycles. The van der Waals surface area contributed by atoms with E-state index in [0.717, 1.165) is 11.1 Å². The molecule has 0 atom stereocenters. The Balaban J connectivity index is 2.22. The predicted octanol–water partition coefficient (Wildman–Crippen LogP) is 5.48. The largest absolute Gasteiger partial charge is 0.0622 e. The summed E-state index contributed by atoms with van der Waals surface area (Å²) >= 11 is 0. The van der Waals surface area contributed by atoms with Gasteiger partial charge in [0.15, 0.2) is 0 Å². The van der Waals surface area contributed by atoms with Gasteiger partial charge in [-0.3, -0.25) is 0 Å². The van der Waals surface area contributed by atoms with Crippen molar-refractivity contribution in [3.8, 4) is 0 Å². The Morgan fingerprint density at radius 3 is 1.19 bits per heavy atom. The number of allylic oxidation sites excluding steroid dienone is 1. The van der Waals surface area contributed by atoms with Crippen LogP contribution in [0.3, 0.4) is 0 Å². The molecule has 0 aliphatic rings. The zero-order valence-corrected chi connectivity index (χ0v) is 11.9. The van der Waals surface area contributed by atoms with E-state index in [0.29, 0.717) is 0 Å². The smallest absolute Gasteiger partial charge is 0.00732 e. The predicted molar refractivity (Wildman–Crippen MR) is 90.6 cm³/mol. The summed E-state index contributed by atoms with van der Waals surface area (Å²) in [7, 11) is 0. The summed E-state index contributed by atoms with van der Waals surface area (Å²) in [5, 5.41) is 0. The molecule has 0 spiro atoms. The second-order valence-corrected chi connectivity index (χ2v) is 4.95. The summed E-state index contributed by atoms with van der Waals surface area (Å²) in [6.45, 7) is 4.34. The number of benzene rings is 3. The molecule has 0 heteroatoms. The standard InChI is InChI=1S/C21H17/c1-17(18-11-5-2-6-12-18)21(19-13-7-3-8-14-19)20-15-9-4-10-16-20/h2-16H,1H2. The van der Waals surface area contributed by atoms with Crippen molar-refractivity contribution in [2.75, 3.05) is 0 Å². The zero-order chi connectivity index (χ0) is 14.5. The van der Waals surface area contributed by atoms with Crippen LogP contribution >= 0.6 is 0 Å². The lowest BCUT2D eigenvalue weighted by Crippen LogP contribution is -1.92.